The smallest absolute Gasteiger partial charge is 0.357 e. The van der Waals surface area contributed by atoms with Crippen LogP contribution in [0.1, 0.15) is 12.8 Å². The molecule has 1 aliphatic rings. The van der Waals surface area contributed by atoms with Gasteiger partial charge in [-0.2, -0.15) is 8.78 Å². The molecular formula is C12H13F4N3O. The molecule has 0 unspecified atom stereocenters. The molecule has 1 saturated heterocycles. The van der Waals surface area contributed by atoms with Crippen molar-refractivity contribution in [3.63, 3.8) is 0 Å². The highest BCUT2D eigenvalue weighted by Gasteiger charge is 2.48. The number of amides is 1. The third-order valence-corrected chi connectivity index (χ3v) is 3.01. The molecule has 0 saturated carbocycles. The highest BCUT2D eigenvalue weighted by molar-refractivity contribution is 5.96. The maximum atomic E-state index is 12.8. The molecule has 2 heterocycles. The van der Waals surface area contributed by atoms with Crippen LogP contribution < -0.4 is 10.2 Å². The van der Waals surface area contributed by atoms with Gasteiger partial charge in [-0.15, -0.1) is 0 Å². The molecule has 0 radical (unpaired) electrons. The Morgan fingerprint density at radius 3 is 2.45 bits per heavy atom. The number of halogens is 4. The van der Waals surface area contributed by atoms with Gasteiger partial charge in [-0.1, -0.05) is 0 Å². The molecule has 0 aromatic carbocycles. The summed E-state index contributed by atoms with van der Waals surface area (Å²) in [7, 11) is 0. The molecule has 0 atom stereocenters. The SMILES string of the molecule is O=C(Nc1ccc(N2CCCC2)nc1)C(F)(F)C(F)F. The van der Waals surface area contributed by atoms with E-state index in [4.69, 9.17) is 0 Å². The summed E-state index contributed by atoms with van der Waals surface area (Å²) in [5, 5.41) is 1.73. The number of carbonyl (C=O) groups excluding carboxylic acids is 1. The largest absolute Gasteiger partial charge is 0.383 e. The molecule has 0 spiro atoms. The molecule has 1 aromatic heterocycles. The fourth-order valence-electron chi connectivity index (χ4n) is 1.91. The lowest BCUT2D eigenvalue weighted by molar-refractivity contribution is -0.163. The van der Waals surface area contributed by atoms with Gasteiger partial charge in [0.05, 0.1) is 11.9 Å². The Labute approximate surface area is 112 Å². The number of nitrogens with one attached hydrogen (secondary N) is 1. The average Bonchev–Trinajstić information content (AvgIpc) is 2.93. The van der Waals surface area contributed by atoms with Gasteiger partial charge in [0.1, 0.15) is 5.82 Å². The van der Waals surface area contributed by atoms with Crippen LogP contribution in [0.5, 0.6) is 0 Å². The van der Waals surface area contributed by atoms with Crippen molar-refractivity contribution in [2.24, 2.45) is 0 Å². The molecule has 1 fully saturated rings. The van der Waals surface area contributed by atoms with Crippen molar-refractivity contribution in [3.05, 3.63) is 18.3 Å². The van der Waals surface area contributed by atoms with Crippen molar-refractivity contribution >= 4 is 17.4 Å². The lowest BCUT2D eigenvalue weighted by Crippen LogP contribution is -2.41. The Morgan fingerprint density at radius 1 is 1.30 bits per heavy atom. The fraction of sp³-hybridized carbons (Fsp3) is 0.500. The van der Waals surface area contributed by atoms with Crippen LogP contribution in [0.15, 0.2) is 18.3 Å². The number of hydrogen-bond acceptors (Lipinski definition) is 3. The van der Waals surface area contributed by atoms with E-state index in [1.165, 1.54) is 12.3 Å². The van der Waals surface area contributed by atoms with Crippen LogP contribution in [0, 0.1) is 0 Å². The van der Waals surface area contributed by atoms with Crippen molar-refractivity contribution in [1.29, 1.82) is 0 Å². The van der Waals surface area contributed by atoms with E-state index in [2.05, 4.69) is 4.98 Å². The van der Waals surface area contributed by atoms with E-state index in [0.29, 0.717) is 5.82 Å². The third kappa shape index (κ3) is 3.00. The van der Waals surface area contributed by atoms with Crippen LogP contribution in [0.3, 0.4) is 0 Å². The maximum absolute atomic E-state index is 12.8. The summed E-state index contributed by atoms with van der Waals surface area (Å²) < 4.78 is 49.5. The van der Waals surface area contributed by atoms with Gasteiger partial charge in [0.15, 0.2) is 0 Å². The van der Waals surface area contributed by atoms with Crippen LogP contribution in [0.2, 0.25) is 0 Å². The highest BCUT2D eigenvalue weighted by atomic mass is 19.3. The molecule has 1 N–H and O–H groups in total. The van der Waals surface area contributed by atoms with Gasteiger partial charge in [0.2, 0.25) is 0 Å². The fourth-order valence-corrected chi connectivity index (χ4v) is 1.91. The quantitative estimate of drug-likeness (QED) is 0.867. The van der Waals surface area contributed by atoms with Crippen molar-refractivity contribution in [3.8, 4) is 0 Å². The number of hydrogen-bond donors (Lipinski definition) is 1. The van der Waals surface area contributed by atoms with E-state index in [1.54, 1.807) is 11.4 Å². The summed E-state index contributed by atoms with van der Waals surface area (Å²) in [5.74, 6) is -6.09. The van der Waals surface area contributed by atoms with Gasteiger partial charge in [-0.25, -0.2) is 13.8 Å². The van der Waals surface area contributed by atoms with E-state index < -0.39 is 18.3 Å². The Kier molecular flexibility index (Phi) is 4.10. The first kappa shape index (κ1) is 14.5. The molecule has 4 nitrogen and oxygen atoms in total. The standard InChI is InChI=1S/C12H13F4N3O/c13-10(14)12(15,16)11(20)18-8-3-4-9(17-7-8)19-5-1-2-6-19/h3-4,7,10H,1-2,5-6H2,(H,18,20). The first-order chi connectivity index (χ1) is 9.41. The lowest BCUT2D eigenvalue weighted by atomic mass is 10.3. The van der Waals surface area contributed by atoms with E-state index in [9.17, 15) is 22.4 Å². The minimum absolute atomic E-state index is 0.0433. The molecule has 8 heteroatoms. The monoisotopic (exact) mass is 291 g/mol. The summed E-state index contributed by atoms with van der Waals surface area (Å²) in [6, 6.07) is 2.92. The maximum Gasteiger partial charge on any atom is 0.383 e. The first-order valence-corrected chi connectivity index (χ1v) is 6.09. The number of rotatable bonds is 4. The molecule has 20 heavy (non-hydrogen) atoms. The van der Waals surface area contributed by atoms with Crippen LogP contribution in [-0.2, 0) is 4.79 Å². The van der Waals surface area contributed by atoms with Gasteiger partial charge in [-0.05, 0) is 25.0 Å². The highest BCUT2D eigenvalue weighted by Crippen LogP contribution is 2.25. The van der Waals surface area contributed by atoms with Crippen molar-refractivity contribution in [1.82, 2.24) is 4.98 Å². The van der Waals surface area contributed by atoms with E-state index >= 15 is 0 Å². The predicted octanol–water partition coefficient (Wildman–Crippen LogP) is 2.52. The van der Waals surface area contributed by atoms with Gasteiger partial charge >= 0.3 is 18.3 Å². The molecule has 110 valence electrons. The Morgan fingerprint density at radius 2 is 1.95 bits per heavy atom. The number of aromatic nitrogens is 1. The number of alkyl halides is 4. The minimum Gasteiger partial charge on any atom is -0.357 e. The molecule has 1 aromatic rings. The Hall–Kier alpha value is -1.86. The number of nitrogens with zero attached hydrogens (tertiary/aromatic N) is 2. The van der Waals surface area contributed by atoms with E-state index in [-0.39, 0.29) is 5.69 Å². The van der Waals surface area contributed by atoms with Crippen LogP contribution >= 0.6 is 0 Å². The van der Waals surface area contributed by atoms with Gasteiger partial charge < -0.3 is 10.2 Å². The van der Waals surface area contributed by atoms with E-state index in [1.807, 2.05) is 4.90 Å². The number of pyridine rings is 1. The second-order valence-corrected chi connectivity index (χ2v) is 4.48. The molecule has 1 aliphatic heterocycles. The van der Waals surface area contributed by atoms with Crippen LogP contribution in [0.4, 0.5) is 29.1 Å². The summed E-state index contributed by atoms with van der Waals surface area (Å²) in [6.45, 7) is 1.73. The summed E-state index contributed by atoms with van der Waals surface area (Å²) in [5.41, 5.74) is -0.0433. The Bertz CT molecular complexity index is 472. The normalized spacial score (nSPS) is 15.8. The van der Waals surface area contributed by atoms with Gasteiger partial charge in [-0.3, -0.25) is 4.79 Å². The molecule has 0 aliphatic carbocycles. The second-order valence-electron chi connectivity index (χ2n) is 4.48. The number of carbonyl (C=O) groups is 1. The lowest BCUT2D eigenvalue weighted by Gasteiger charge is -2.17. The summed E-state index contributed by atoms with van der Waals surface area (Å²) in [6.07, 6.45) is -0.756. The zero-order chi connectivity index (χ0) is 14.8. The first-order valence-electron chi connectivity index (χ1n) is 6.09. The molecule has 1 amide bonds. The Balaban J connectivity index is 2.02. The average molecular weight is 291 g/mol. The summed E-state index contributed by atoms with van der Waals surface area (Å²) >= 11 is 0. The molecule has 2 rings (SSSR count). The topological polar surface area (TPSA) is 45.2 Å². The number of anilines is 2. The van der Waals surface area contributed by atoms with Crippen LogP contribution in [-0.4, -0.2) is 36.3 Å². The molecule has 0 bridgehead atoms. The minimum atomic E-state index is -4.71. The van der Waals surface area contributed by atoms with Gasteiger partial charge in [0.25, 0.3) is 0 Å². The third-order valence-electron chi connectivity index (χ3n) is 3.01. The predicted molar refractivity (Wildman–Crippen MR) is 65.3 cm³/mol. The zero-order valence-corrected chi connectivity index (χ0v) is 10.5. The zero-order valence-electron chi connectivity index (χ0n) is 10.5. The van der Waals surface area contributed by atoms with Crippen molar-refractivity contribution in [2.75, 3.05) is 23.3 Å². The van der Waals surface area contributed by atoms with Crippen LogP contribution in [0.25, 0.3) is 0 Å². The summed E-state index contributed by atoms with van der Waals surface area (Å²) in [4.78, 5) is 17.1. The molecular weight excluding hydrogens is 278 g/mol. The van der Waals surface area contributed by atoms with Crippen molar-refractivity contribution in [2.45, 2.75) is 25.2 Å². The van der Waals surface area contributed by atoms with Crippen molar-refractivity contribution < 1.29 is 22.4 Å². The van der Waals surface area contributed by atoms with E-state index in [0.717, 1.165) is 25.9 Å². The van der Waals surface area contributed by atoms with Gasteiger partial charge in [0, 0.05) is 13.1 Å². The second kappa shape index (κ2) is 5.64.